The zero-order valence-corrected chi connectivity index (χ0v) is 9.18. The van der Waals surface area contributed by atoms with Crippen molar-refractivity contribution in [3.63, 3.8) is 0 Å². The summed E-state index contributed by atoms with van der Waals surface area (Å²) >= 11 is 0. The normalized spacial score (nSPS) is 10.6. The van der Waals surface area contributed by atoms with E-state index in [-0.39, 0.29) is 0 Å². The van der Waals surface area contributed by atoms with Gasteiger partial charge in [0, 0.05) is 0 Å². The summed E-state index contributed by atoms with van der Waals surface area (Å²) in [5.41, 5.74) is 2.27. The van der Waals surface area contributed by atoms with Gasteiger partial charge in [0.15, 0.2) is 0 Å². The Hall–Kier alpha value is -2.02. The number of hydrogen-bond acceptors (Lipinski definition) is 1. The Bertz CT molecular complexity index is 472. The molecule has 0 fully saturated rings. The number of ether oxygens (including phenoxy) is 1. The number of rotatable bonds is 3. The van der Waals surface area contributed by atoms with Gasteiger partial charge in [-0.1, -0.05) is 42.5 Å². The summed E-state index contributed by atoms with van der Waals surface area (Å²) in [5.74, 6) is 0.877. The van der Waals surface area contributed by atoms with E-state index >= 15 is 0 Å². The van der Waals surface area contributed by atoms with Crippen LogP contribution in [0.15, 0.2) is 48.5 Å². The zero-order valence-electron chi connectivity index (χ0n) is 9.18. The molecule has 2 aromatic rings. The predicted octanol–water partition coefficient (Wildman–Crippen LogP) is 3.67. The number of benzene rings is 2. The van der Waals surface area contributed by atoms with Gasteiger partial charge in [0.1, 0.15) is 5.75 Å². The first-order valence-corrected chi connectivity index (χ1v) is 5.17. The van der Waals surface area contributed by atoms with Gasteiger partial charge in [-0.15, -0.1) is 0 Å². The minimum Gasteiger partial charge on any atom is -0.497 e. The van der Waals surface area contributed by atoms with Crippen LogP contribution in [0.3, 0.4) is 0 Å². The van der Waals surface area contributed by atoms with Crippen LogP contribution in [-0.2, 0) is 0 Å². The molecule has 0 unspecified atom stereocenters. The topological polar surface area (TPSA) is 9.23 Å². The SMILES string of the molecule is COc1cccc(/C=C\c2c[c]ccc2)c1. The first-order valence-electron chi connectivity index (χ1n) is 5.17. The third-order valence-corrected chi connectivity index (χ3v) is 2.29. The molecule has 0 aromatic heterocycles. The van der Waals surface area contributed by atoms with Crippen molar-refractivity contribution in [3.05, 3.63) is 65.7 Å². The van der Waals surface area contributed by atoms with E-state index in [1.165, 1.54) is 0 Å². The summed E-state index contributed by atoms with van der Waals surface area (Å²) in [6, 6.07) is 18.9. The van der Waals surface area contributed by atoms with E-state index in [1.54, 1.807) is 7.11 Å². The number of methoxy groups -OCH3 is 1. The summed E-state index contributed by atoms with van der Waals surface area (Å²) in [6.45, 7) is 0. The Labute approximate surface area is 96.0 Å². The van der Waals surface area contributed by atoms with Crippen LogP contribution >= 0.6 is 0 Å². The molecule has 0 bridgehead atoms. The number of hydrogen-bond donors (Lipinski definition) is 0. The van der Waals surface area contributed by atoms with Crippen molar-refractivity contribution in [3.8, 4) is 5.75 Å². The molecule has 0 aliphatic rings. The molecule has 2 rings (SSSR count). The van der Waals surface area contributed by atoms with Crippen LogP contribution in [-0.4, -0.2) is 7.11 Å². The minimum atomic E-state index is 0.877. The lowest BCUT2D eigenvalue weighted by atomic mass is 10.1. The largest absolute Gasteiger partial charge is 0.497 e. The molecule has 0 saturated carbocycles. The van der Waals surface area contributed by atoms with Gasteiger partial charge in [-0.3, -0.25) is 0 Å². The van der Waals surface area contributed by atoms with Gasteiger partial charge in [-0.05, 0) is 35.4 Å². The van der Waals surface area contributed by atoms with Gasteiger partial charge in [-0.25, -0.2) is 0 Å². The van der Waals surface area contributed by atoms with E-state index in [1.807, 2.05) is 48.5 Å². The molecule has 0 amide bonds. The van der Waals surface area contributed by atoms with E-state index < -0.39 is 0 Å². The summed E-state index contributed by atoms with van der Waals surface area (Å²) in [6.07, 6.45) is 4.12. The van der Waals surface area contributed by atoms with Crippen molar-refractivity contribution >= 4 is 12.2 Å². The average Bonchev–Trinajstić information content (AvgIpc) is 2.38. The zero-order chi connectivity index (χ0) is 11.2. The molecule has 1 nitrogen and oxygen atoms in total. The highest BCUT2D eigenvalue weighted by molar-refractivity contribution is 5.69. The molecular weight excluding hydrogens is 196 g/mol. The fraction of sp³-hybridized carbons (Fsp3) is 0.0667. The Morgan fingerprint density at radius 2 is 1.88 bits per heavy atom. The van der Waals surface area contributed by atoms with Crippen molar-refractivity contribution in [2.75, 3.05) is 7.11 Å². The molecule has 0 aliphatic carbocycles. The molecule has 1 radical (unpaired) electrons. The molecule has 0 N–H and O–H groups in total. The van der Waals surface area contributed by atoms with E-state index in [0.29, 0.717) is 0 Å². The lowest BCUT2D eigenvalue weighted by molar-refractivity contribution is 0.414. The Balaban J connectivity index is 2.17. The van der Waals surface area contributed by atoms with E-state index in [2.05, 4.69) is 18.2 Å². The summed E-state index contributed by atoms with van der Waals surface area (Å²) in [4.78, 5) is 0. The molecule has 0 spiro atoms. The second-order valence-electron chi connectivity index (χ2n) is 3.45. The van der Waals surface area contributed by atoms with Crippen molar-refractivity contribution in [1.82, 2.24) is 0 Å². The molecule has 0 saturated heterocycles. The second kappa shape index (κ2) is 5.17. The van der Waals surface area contributed by atoms with Gasteiger partial charge in [0.05, 0.1) is 7.11 Å². The molecule has 0 atom stereocenters. The van der Waals surface area contributed by atoms with Crippen molar-refractivity contribution < 1.29 is 4.74 Å². The van der Waals surface area contributed by atoms with Crippen LogP contribution < -0.4 is 4.74 Å². The summed E-state index contributed by atoms with van der Waals surface area (Å²) < 4.78 is 5.17. The quantitative estimate of drug-likeness (QED) is 0.701. The standard InChI is InChI=1S/C15H13O/c1-16-15-9-5-8-14(12-15)11-10-13-6-3-2-4-7-13/h2-3,5-12H,1H3/b11-10-. The van der Waals surface area contributed by atoms with Gasteiger partial charge in [-0.2, -0.15) is 0 Å². The fourth-order valence-corrected chi connectivity index (χ4v) is 1.45. The van der Waals surface area contributed by atoms with Crippen LogP contribution in [0.1, 0.15) is 11.1 Å². The highest BCUT2D eigenvalue weighted by Crippen LogP contribution is 2.14. The molecular formula is C15H13O. The van der Waals surface area contributed by atoms with Gasteiger partial charge >= 0.3 is 0 Å². The van der Waals surface area contributed by atoms with Crippen LogP contribution in [0, 0.1) is 6.07 Å². The predicted molar refractivity (Wildman–Crippen MR) is 67.2 cm³/mol. The van der Waals surface area contributed by atoms with Crippen molar-refractivity contribution in [2.45, 2.75) is 0 Å². The highest BCUT2D eigenvalue weighted by atomic mass is 16.5. The maximum absolute atomic E-state index is 5.17. The molecule has 0 heterocycles. The monoisotopic (exact) mass is 209 g/mol. The van der Waals surface area contributed by atoms with Gasteiger partial charge in [0.2, 0.25) is 0 Å². The smallest absolute Gasteiger partial charge is 0.119 e. The maximum atomic E-state index is 5.17. The minimum absolute atomic E-state index is 0.877. The maximum Gasteiger partial charge on any atom is 0.119 e. The third-order valence-electron chi connectivity index (χ3n) is 2.29. The summed E-state index contributed by atoms with van der Waals surface area (Å²) in [5, 5.41) is 0. The van der Waals surface area contributed by atoms with Gasteiger partial charge < -0.3 is 4.74 Å². The van der Waals surface area contributed by atoms with Crippen molar-refractivity contribution in [1.29, 1.82) is 0 Å². The van der Waals surface area contributed by atoms with E-state index in [0.717, 1.165) is 16.9 Å². The van der Waals surface area contributed by atoms with E-state index in [4.69, 9.17) is 4.74 Å². The van der Waals surface area contributed by atoms with Crippen molar-refractivity contribution in [2.24, 2.45) is 0 Å². The average molecular weight is 209 g/mol. The Morgan fingerprint density at radius 1 is 1.06 bits per heavy atom. The van der Waals surface area contributed by atoms with Crippen LogP contribution in [0.25, 0.3) is 12.2 Å². The molecule has 0 aliphatic heterocycles. The Kier molecular flexibility index (Phi) is 3.39. The van der Waals surface area contributed by atoms with Gasteiger partial charge in [0.25, 0.3) is 0 Å². The first-order chi connectivity index (χ1) is 7.88. The molecule has 1 heteroatoms. The third kappa shape index (κ3) is 2.74. The highest BCUT2D eigenvalue weighted by Gasteiger charge is 1.91. The molecule has 16 heavy (non-hydrogen) atoms. The fourth-order valence-electron chi connectivity index (χ4n) is 1.45. The van der Waals surface area contributed by atoms with Crippen LogP contribution in [0.2, 0.25) is 0 Å². The second-order valence-corrected chi connectivity index (χ2v) is 3.45. The summed E-state index contributed by atoms with van der Waals surface area (Å²) in [7, 11) is 1.68. The van der Waals surface area contributed by atoms with Crippen LogP contribution in [0.4, 0.5) is 0 Å². The molecule has 2 aromatic carbocycles. The molecule has 79 valence electrons. The lowest BCUT2D eigenvalue weighted by Gasteiger charge is -1.99. The lowest BCUT2D eigenvalue weighted by Crippen LogP contribution is -1.82. The van der Waals surface area contributed by atoms with Crippen LogP contribution in [0.5, 0.6) is 5.75 Å². The van der Waals surface area contributed by atoms with E-state index in [9.17, 15) is 0 Å². The first kappa shape index (κ1) is 10.5. The Morgan fingerprint density at radius 3 is 2.62 bits per heavy atom.